The van der Waals surface area contributed by atoms with Gasteiger partial charge >= 0.3 is 0 Å². The Balaban J connectivity index is 0.000000222. The standard InChI is InChI=1S/C12H15N.C5H9N.C2H6O.2ClH/c1-2-4-10(5-3-1)7-13-8-11-6-12(11)9-13;1-4-2-6-3-5(1)4;1-2-3;;/h1-5,11-12H,6-9H2;4-6H,1-3H2;3H,2H2,1H3;2*1H. The van der Waals surface area contributed by atoms with Gasteiger partial charge in [-0.05, 0) is 62.1 Å². The van der Waals surface area contributed by atoms with Gasteiger partial charge in [-0.15, -0.1) is 24.8 Å². The number of hydrogen-bond donors (Lipinski definition) is 2. The van der Waals surface area contributed by atoms with Crippen LogP contribution in [0.5, 0.6) is 0 Å². The van der Waals surface area contributed by atoms with Crippen molar-refractivity contribution >= 4 is 24.8 Å². The Morgan fingerprint density at radius 1 is 0.958 bits per heavy atom. The van der Waals surface area contributed by atoms with Crippen molar-refractivity contribution in [2.24, 2.45) is 23.7 Å². The molecule has 24 heavy (non-hydrogen) atoms. The third-order valence-corrected chi connectivity index (χ3v) is 5.19. The molecule has 0 spiro atoms. The van der Waals surface area contributed by atoms with E-state index in [0.717, 1.165) is 30.2 Å². The molecule has 0 amide bonds. The number of piperidine rings is 2. The topological polar surface area (TPSA) is 35.5 Å². The number of benzene rings is 1. The Kier molecular flexibility index (Phi) is 9.61. The van der Waals surface area contributed by atoms with Crippen LogP contribution < -0.4 is 5.32 Å². The molecule has 2 N–H and O–H groups in total. The van der Waals surface area contributed by atoms with E-state index in [1.807, 2.05) is 0 Å². The largest absolute Gasteiger partial charge is 0.397 e. The van der Waals surface area contributed by atoms with Crippen LogP contribution in [0.15, 0.2) is 30.3 Å². The maximum Gasteiger partial charge on any atom is 0.0402 e. The number of hydrogen-bond acceptors (Lipinski definition) is 3. The SMILES string of the molecule is C1NCC2CC12.CCO.Cl.Cl.c1ccc(CN2CC3CC3C2)cc1. The lowest BCUT2D eigenvalue weighted by Gasteiger charge is -2.16. The van der Waals surface area contributed by atoms with E-state index in [9.17, 15) is 0 Å². The van der Waals surface area contributed by atoms with Crippen LogP contribution in [0.2, 0.25) is 0 Å². The highest BCUT2D eigenvalue weighted by atomic mass is 35.5. The maximum atomic E-state index is 7.57. The molecule has 1 aromatic rings. The van der Waals surface area contributed by atoms with Crippen molar-refractivity contribution in [3.63, 3.8) is 0 Å². The number of fused-ring (bicyclic) bond motifs is 2. The average Bonchev–Trinajstić information content (AvgIpc) is 3.37. The van der Waals surface area contributed by atoms with Crippen LogP contribution >= 0.6 is 24.8 Å². The summed E-state index contributed by atoms with van der Waals surface area (Å²) < 4.78 is 0. The zero-order valence-electron chi connectivity index (χ0n) is 14.6. The Bertz CT molecular complexity index is 442. The second-order valence-electron chi connectivity index (χ2n) is 7.17. The van der Waals surface area contributed by atoms with Gasteiger partial charge in [-0.25, -0.2) is 0 Å². The fourth-order valence-corrected chi connectivity index (χ4v) is 3.73. The summed E-state index contributed by atoms with van der Waals surface area (Å²) in [6.45, 7) is 8.41. The number of nitrogens with one attached hydrogen (secondary N) is 1. The Labute approximate surface area is 159 Å². The molecular weight excluding hydrogens is 343 g/mol. The average molecular weight is 375 g/mol. The first kappa shape index (κ1) is 21.7. The van der Waals surface area contributed by atoms with E-state index in [2.05, 4.69) is 40.5 Å². The molecule has 5 rings (SSSR count). The fraction of sp³-hybridized carbons (Fsp3) is 0.684. The van der Waals surface area contributed by atoms with Gasteiger partial charge in [0, 0.05) is 26.2 Å². The van der Waals surface area contributed by atoms with Crippen molar-refractivity contribution in [2.45, 2.75) is 26.3 Å². The van der Waals surface area contributed by atoms with E-state index in [1.165, 1.54) is 44.6 Å². The van der Waals surface area contributed by atoms with E-state index in [4.69, 9.17) is 5.11 Å². The molecule has 2 saturated heterocycles. The first-order chi connectivity index (χ1) is 10.8. The quantitative estimate of drug-likeness (QED) is 0.833. The maximum absolute atomic E-state index is 7.57. The van der Waals surface area contributed by atoms with Crippen molar-refractivity contribution in [3.05, 3.63) is 35.9 Å². The molecule has 2 heterocycles. The van der Waals surface area contributed by atoms with E-state index >= 15 is 0 Å². The minimum Gasteiger partial charge on any atom is -0.397 e. The molecule has 3 nitrogen and oxygen atoms in total. The summed E-state index contributed by atoms with van der Waals surface area (Å²) in [6, 6.07) is 10.8. The van der Waals surface area contributed by atoms with Gasteiger partial charge in [0.05, 0.1) is 0 Å². The first-order valence-electron chi connectivity index (χ1n) is 8.88. The van der Waals surface area contributed by atoms with Gasteiger partial charge in [0.25, 0.3) is 0 Å². The van der Waals surface area contributed by atoms with Gasteiger partial charge in [-0.2, -0.15) is 0 Å². The highest BCUT2D eigenvalue weighted by Crippen LogP contribution is 2.45. The fourth-order valence-electron chi connectivity index (χ4n) is 3.73. The van der Waals surface area contributed by atoms with E-state index in [-0.39, 0.29) is 31.4 Å². The van der Waals surface area contributed by atoms with E-state index < -0.39 is 0 Å². The summed E-state index contributed by atoms with van der Waals surface area (Å²) in [5.74, 6) is 4.32. The molecule has 2 aliphatic heterocycles. The number of aliphatic hydroxyl groups is 1. The summed E-state index contributed by atoms with van der Waals surface area (Å²) in [6.07, 6.45) is 3.03. The summed E-state index contributed by atoms with van der Waals surface area (Å²) in [5, 5.41) is 10.9. The molecule has 4 unspecified atom stereocenters. The lowest BCUT2D eigenvalue weighted by atomic mass is 10.2. The number of nitrogens with zero attached hydrogens (tertiary/aromatic N) is 1. The van der Waals surface area contributed by atoms with Gasteiger partial charge in [0.1, 0.15) is 0 Å². The predicted molar refractivity (Wildman–Crippen MR) is 105 cm³/mol. The molecule has 4 atom stereocenters. The molecule has 4 fully saturated rings. The second kappa shape index (κ2) is 10.6. The smallest absolute Gasteiger partial charge is 0.0402 e. The second-order valence-corrected chi connectivity index (χ2v) is 7.17. The zero-order valence-corrected chi connectivity index (χ0v) is 16.2. The lowest BCUT2D eigenvalue weighted by molar-refractivity contribution is 0.297. The third-order valence-electron chi connectivity index (χ3n) is 5.19. The summed E-state index contributed by atoms with van der Waals surface area (Å²) in [4.78, 5) is 2.59. The van der Waals surface area contributed by atoms with Crippen molar-refractivity contribution < 1.29 is 5.11 Å². The number of likely N-dealkylation sites (tertiary alicyclic amines) is 1. The highest BCUT2D eigenvalue weighted by Gasteiger charge is 2.44. The third kappa shape index (κ3) is 6.53. The Morgan fingerprint density at radius 3 is 1.88 bits per heavy atom. The molecule has 0 radical (unpaired) electrons. The van der Waals surface area contributed by atoms with Crippen LogP contribution in [0.1, 0.15) is 25.3 Å². The number of aliphatic hydroxyl groups excluding tert-OH is 1. The molecule has 4 aliphatic rings. The normalized spacial score (nSPS) is 30.9. The molecular formula is C19H32Cl2N2O. The minimum atomic E-state index is 0. The zero-order chi connectivity index (χ0) is 15.4. The van der Waals surface area contributed by atoms with E-state index in [0.29, 0.717) is 0 Å². The van der Waals surface area contributed by atoms with Crippen LogP contribution in [0.3, 0.4) is 0 Å². The van der Waals surface area contributed by atoms with Gasteiger partial charge < -0.3 is 10.4 Å². The van der Waals surface area contributed by atoms with Crippen molar-refractivity contribution in [3.8, 4) is 0 Å². The minimum absolute atomic E-state index is 0. The first-order valence-corrected chi connectivity index (χ1v) is 8.88. The predicted octanol–water partition coefficient (Wildman–Crippen LogP) is 3.21. The molecule has 2 saturated carbocycles. The van der Waals surface area contributed by atoms with Crippen molar-refractivity contribution in [1.29, 1.82) is 0 Å². The Hall–Kier alpha value is -0.320. The van der Waals surface area contributed by atoms with Gasteiger partial charge in [-0.1, -0.05) is 30.3 Å². The van der Waals surface area contributed by atoms with Gasteiger partial charge in [0.15, 0.2) is 0 Å². The number of rotatable bonds is 2. The van der Waals surface area contributed by atoms with Crippen LogP contribution in [0.4, 0.5) is 0 Å². The van der Waals surface area contributed by atoms with E-state index in [1.54, 1.807) is 6.92 Å². The highest BCUT2D eigenvalue weighted by molar-refractivity contribution is 5.85. The van der Waals surface area contributed by atoms with Crippen LogP contribution in [-0.2, 0) is 6.54 Å². The van der Waals surface area contributed by atoms with Gasteiger partial charge in [0.2, 0.25) is 0 Å². The molecule has 0 aromatic heterocycles. The summed E-state index contributed by atoms with van der Waals surface area (Å²) in [5.41, 5.74) is 1.46. The molecule has 138 valence electrons. The van der Waals surface area contributed by atoms with Crippen LogP contribution in [0.25, 0.3) is 0 Å². The summed E-state index contributed by atoms with van der Waals surface area (Å²) >= 11 is 0. The Morgan fingerprint density at radius 2 is 1.46 bits per heavy atom. The monoisotopic (exact) mass is 374 g/mol. The molecule has 5 heteroatoms. The van der Waals surface area contributed by atoms with Crippen molar-refractivity contribution in [2.75, 3.05) is 32.8 Å². The summed E-state index contributed by atoms with van der Waals surface area (Å²) in [7, 11) is 0. The van der Waals surface area contributed by atoms with Crippen molar-refractivity contribution in [1.82, 2.24) is 10.2 Å². The lowest BCUT2D eigenvalue weighted by Crippen LogP contribution is -2.21. The number of halogens is 2. The van der Waals surface area contributed by atoms with Crippen LogP contribution in [-0.4, -0.2) is 42.8 Å². The molecule has 2 aliphatic carbocycles. The van der Waals surface area contributed by atoms with Crippen LogP contribution in [0, 0.1) is 23.7 Å². The molecule has 0 bridgehead atoms. The molecule has 1 aromatic carbocycles. The van der Waals surface area contributed by atoms with Gasteiger partial charge in [-0.3, -0.25) is 4.90 Å².